The highest BCUT2D eigenvalue weighted by atomic mass is 19.1. The van der Waals surface area contributed by atoms with E-state index in [1.807, 2.05) is 32.4 Å². The minimum atomic E-state index is -0.660. The molecule has 170 valence electrons. The molecule has 0 spiro atoms. The summed E-state index contributed by atoms with van der Waals surface area (Å²) < 4.78 is 28.3. The van der Waals surface area contributed by atoms with Gasteiger partial charge >= 0.3 is 7.12 Å². The Morgan fingerprint density at radius 1 is 1.06 bits per heavy atom. The smallest absolute Gasteiger partial charge is 0.399 e. The third-order valence-corrected chi connectivity index (χ3v) is 6.82. The van der Waals surface area contributed by atoms with E-state index in [-0.39, 0.29) is 11.7 Å². The van der Waals surface area contributed by atoms with Crippen LogP contribution in [0.3, 0.4) is 0 Å². The highest BCUT2D eigenvalue weighted by Gasteiger charge is 2.54. The molecule has 1 fully saturated rings. The second kappa shape index (κ2) is 7.78. The third kappa shape index (κ3) is 3.75. The Kier molecular flexibility index (Phi) is 5.14. The van der Waals surface area contributed by atoms with E-state index in [4.69, 9.17) is 14.4 Å². The van der Waals surface area contributed by atoms with Gasteiger partial charge in [0, 0.05) is 30.0 Å². The molecule has 0 radical (unpaired) electrons. The summed E-state index contributed by atoms with van der Waals surface area (Å²) in [7, 11) is -0.660. The molecule has 0 saturated carbocycles. The van der Waals surface area contributed by atoms with Crippen LogP contribution in [0.5, 0.6) is 0 Å². The van der Waals surface area contributed by atoms with Gasteiger partial charge in [-0.2, -0.15) is 5.10 Å². The lowest BCUT2D eigenvalue weighted by molar-refractivity contribution is 0.00578. The van der Waals surface area contributed by atoms with E-state index in [0.717, 1.165) is 16.7 Å². The van der Waals surface area contributed by atoms with E-state index in [9.17, 15) is 9.18 Å². The summed E-state index contributed by atoms with van der Waals surface area (Å²) in [6.45, 7) is 9.42. The van der Waals surface area contributed by atoms with Crippen LogP contribution in [0, 0.1) is 5.82 Å². The summed E-state index contributed by atoms with van der Waals surface area (Å²) >= 11 is 0. The molecule has 2 aliphatic heterocycles. The maximum atomic E-state index is 13.6. The minimum absolute atomic E-state index is 0.0845. The number of aromatic nitrogens is 3. The Bertz CT molecular complexity index is 1180. The summed E-state index contributed by atoms with van der Waals surface area (Å²) in [6.07, 6.45) is 3.22. The molecule has 0 unspecified atom stereocenters. The number of amides is 1. The first-order valence-electron chi connectivity index (χ1n) is 11.1. The lowest BCUT2D eigenvalue weighted by atomic mass is 9.75. The van der Waals surface area contributed by atoms with Crippen LogP contribution in [-0.4, -0.2) is 50.4 Å². The molecule has 4 heterocycles. The number of pyridine rings is 1. The molecule has 0 N–H and O–H groups in total. The standard InChI is InChI=1S/C24H26BFN4O3/c1-23(2)24(3,4)33-25(32-23)20-19-15-29(22(31)17-6-5-11-27-14-17)12-13-30(19)28-21(20)16-7-9-18(26)10-8-16/h5-11,14H,12-13,15H2,1-4H3. The van der Waals surface area contributed by atoms with Crippen LogP contribution < -0.4 is 5.46 Å². The van der Waals surface area contributed by atoms with E-state index in [0.29, 0.717) is 30.9 Å². The van der Waals surface area contributed by atoms with Crippen LogP contribution in [0.4, 0.5) is 4.39 Å². The monoisotopic (exact) mass is 448 g/mol. The number of nitrogens with zero attached hydrogens (tertiary/aromatic N) is 4. The van der Waals surface area contributed by atoms with Gasteiger partial charge in [-0.05, 0) is 64.1 Å². The second-order valence-electron chi connectivity index (χ2n) is 9.50. The number of carbonyl (C=O) groups excluding carboxylic acids is 1. The molecule has 9 heteroatoms. The average molecular weight is 448 g/mol. The summed E-state index contributed by atoms with van der Waals surface area (Å²) in [4.78, 5) is 19.0. The normalized spacial score (nSPS) is 18.9. The topological polar surface area (TPSA) is 69.5 Å². The summed E-state index contributed by atoms with van der Waals surface area (Å²) in [6, 6.07) is 9.76. The van der Waals surface area contributed by atoms with Crippen molar-refractivity contribution in [3.8, 4) is 11.3 Å². The van der Waals surface area contributed by atoms with Gasteiger partial charge in [0.05, 0.1) is 41.2 Å². The molecular formula is C24H26BFN4O3. The van der Waals surface area contributed by atoms with Crippen molar-refractivity contribution in [1.29, 1.82) is 0 Å². The first kappa shape index (κ1) is 21.8. The van der Waals surface area contributed by atoms with Crippen molar-refractivity contribution < 1.29 is 18.5 Å². The number of halogens is 1. The number of hydrogen-bond acceptors (Lipinski definition) is 5. The molecule has 2 aromatic heterocycles. The van der Waals surface area contributed by atoms with Gasteiger partial charge in [0.25, 0.3) is 5.91 Å². The Balaban J connectivity index is 1.57. The van der Waals surface area contributed by atoms with Crippen LogP contribution >= 0.6 is 0 Å². The predicted octanol–water partition coefficient (Wildman–Crippen LogP) is 3.04. The summed E-state index contributed by atoms with van der Waals surface area (Å²) in [5.74, 6) is -0.396. The molecule has 1 aromatic carbocycles. The Morgan fingerprint density at radius 3 is 2.39 bits per heavy atom. The number of fused-ring (bicyclic) bond motifs is 1. The molecule has 2 aliphatic rings. The van der Waals surface area contributed by atoms with Gasteiger partial charge in [-0.25, -0.2) is 4.39 Å². The SMILES string of the molecule is CC1(C)OB(c2c(-c3ccc(F)cc3)nn3c2CN(C(=O)c2cccnc2)CC3)OC1(C)C. The van der Waals surface area contributed by atoms with Crippen molar-refractivity contribution in [1.82, 2.24) is 19.7 Å². The molecule has 0 aliphatic carbocycles. The molecule has 5 rings (SSSR count). The van der Waals surface area contributed by atoms with Gasteiger partial charge in [-0.3, -0.25) is 14.5 Å². The van der Waals surface area contributed by atoms with Crippen molar-refractivity contribution in [3.63, 3.8) is 0 Å². The predicted molar refractivity (Wildman–Crippen MR) is 122 cm³/mol. The van der Waals surface area contributed by atoms with Crippen LogP contribution in [-0.2, 0) is 22.4 Å². The molecule has 3 aromatic rings. The van der Waals surface area contributed by atoms with E-state index < -0.39 is 18.3 Å². The van der Waals surface area contributed by atoms with Gasteiger partial charge in [0.15, 0.2) is 0 Å². The van der Waals surface area contributed by atoms with E-state index >= 15 is 0 Å². The van der Waals surface area contributed by atoms with Crippen molar-refractivity contribution in [2.75, 3.05) is 6.54 Å². The zero-order valence-electron chi connectivity index (χ0n) is 19.2. The van der Waals surface area contributed by atoms with Gasteiger partial charge in [-0.1, -0.05) is 0 Å². The first-order chi connectivity index (χ1) is 15.7. The molecule has 33 heavy (non-hydrogen) atoms. The zero-order chi connectivity index (χ0) is 23.4. The molecular weight excluding hydrogens is 422 g/mol. The van der Waals surface area contributed by atoms with E-state index in [2.05, 4.69) is 4.98 Å². The van der Waals surface area contributed by atoms with Crippen molar-refractivity contribution in [2.24, 2.45) is 0 Å². The van der Waals surface area contributed by atoms with Crippen LogP contribution in [0.2, 0.25) is 0 Å². The number of carbonyl (C=O) groups is 1. The van der Waals surface area contributed by atoms with Crippen molar-refractivity contribution in [3.05, 3.63) is 65.9 Å². The van der Waals surface area contributed by atoms with E-state index in [1.54, 1.807) is 41.6 Å². The molecule has 1 saturated heterocycles. The van der Waals surface area contributed by atoms with Crippen LogP contribution in [0.1, 0.15) is 43.7 Å². The largest absolute Gasteiger partial charge is 0.499 e. The second-order valence-corrected chi connectivity index (χ2v) is 9.50. The fraction of sp³-hybridized carbons (Fsp3) is 0.375. The van der Waals surface area contributed by atoms with Crippen LogP contribution in [0.15, 0.2) is 48.8 Å². The minimum Gasteiger partial charge on any atom is -0.399 e. The summed E-state index contributed by atoms with van der Waals surface area (Å²) in [5, 5.41) is 4.84. The number of benzene rings is 1. The zero-order valence-corrected chi connectivity index (χ0v) is 19.2. The van der Waals surface area contributed by atoms with Gasteiger partial charge < -0.3 is 14.2 Å². The maximum Gasteiger partial charge on any atom is 0.499 e. The van der Waals surface area contributed by atoms with E-state index in [1.165, 1.54) is 12.1 Å². The van der Waals surface area contributed by atoms with Crippen molar-refractivity contribution in [2.45, 2.75) is 52.0 Å². The summed E-state index contributed by atoms with van der Waals surface area (Å²) in [5.41, 5.74) is 2.56. The quantitative estimate of drug-likeness (QED) is 0.577. The lowest BCUT2D eigenvalue weighted by Crippen LogP contribution is -2.44. The highest BCUT2D eigenvalue weighted by Crippen LogP contribution is 2.38. The maximum absolute atomic E-state index is 13.6. The van der Waals surface area contributed by atoms with Gasteiger partial charge in [0.2, 0.25) is 0 Å². The van der Waals surface area contributed by atoms with Crippen LogP contribution in [0.25, 0.3) is 11.3 Å². The fourth-order valence-corrected chi connectivity index (χ4v) is 4.21. The third-order valence-electron chi connectivity index (χ3n) is 6.82. The molecule has 1 amide bonds. The van der Waals surface area contributed by atoms with Gasteiger partial charge in [-0.15, -0.1) is 0 Å². The lowest BCUT2D eigenvalue weighted by Gasteiger charge is -2.32. The Morgan fingerprint density at radius 2 is 1.76 bits per heavy atom. The van der Waals surface area contributed by atoms with Crippen molar-refractivity contribution >= 4 is 18.5 Å². The molecule has 7 nitrogen and oxygen atoms in total. The van der Waals surface area contributed by atoms with Gasteiger partial charge in [0.1, 0.15) is 5.82 Å². The average Bonchev–Trinajstić information content (AvgIpc) is 3.27. The number of rotatable bonds is 3. The number of hydrogen-bond donors (Lipinski definition) is 0. The Labute approximate surface area is 192 Å². The molecule has 0 atom stereocenters. The Hall–Kier alpha value is -3.04. The molecule has 0 bridgehead atoms. The highest BCUT2D eigenvalue weighted by molar-refractivity contribution is 6.64. The fourth-order valence-electron chi connectivity index (χ4n) is 4.21. The first-order valence-corrected chi connectivity index (χ1v) is 11.1.